The Morgan fingerprint density at radius 1 is 1.20 bits per heavy atom. The second-order valence-electron chi connectivity index (χ2n) is 8.88. The molecule has 0 spiro atoms. The molecular weight excluding hydrogens is 385 g/mol. The monoisotopic (exact) mass is 419 g/mol. The van der Waals surface area contributed by atoms with Crippen molar-refractivity contribution in [1.82, 2.24) is 14.7 Å². The summed E-state index contributed by atoms with van der Waals surface area (Å²) >= 11 is 0. The summed E-state index contributed by atoms with van der Waals surface area (Å²) in [6.45, 7) is 9.66. The van der Waals surface area contributed by atoms with Crippen LogP contribution in [0, 0.1) is 11.7 Å². The predicted octanol–water partition coefficient (Wildman–Crippen LogP) is 2.52. The summed E-state index contributed by atoms with van der Waals surface area (Å²) in [4.78, 5) is 30.6. The van der Waals surface area contributed by atoms with E-state index in [1.165, 1.54) is 6.07 Å². The quantitative estimate of drug-likeness (QED) is 0.711. The zero-order valence-electron chi connectivity index (χ0n) is 18.3. The molecule has 1 atom stereocenters. The van der Waals surface area contributed by atoms with Crippen molar-refractivity contribution < 1.29 is 18.7 Å². The SMILES string of the molecule is CC(=O)N1CCC(N2CC(=O)N(CC(C)C)CC(OCc3ccccc3F)C2)CC1. The van der Waals surface area contributed by atoms with Crippen LogP contribution in [0.1, 0.15) is 39.2 Å². The average Bonchev–Trinajstić information content (AvgIpc) is 2.86. The number of carbonyl (C=O) groups is 2. The molecule has 1 aromatic rings. The topological polar surface area (TPSA) is 53.1 Å². The van der Waals surface area contributed by atoms with E-state index in [0.29, 0.717) is 37.7 Å². The van der Waals surface area contributed by atoms with Crippen molar-refractivity contribution in [3.05, 3.63) is 35.6 Å². The predicted molar refractivity (Wildman–Crippen MR) is 113 cm³/mol. The third kappa shape index (κ3) is 6.01. The largest absolute Gasteiger partial charge is 0.370 e. The van der Waals surface area contributed by atoms with Gasteiger partial charge < -0.3 is 14.5 Å². The fourth-order valence-electron chi connectivity index (χ4n) is 4.37. The van der Waals surface area contributed by atoms with Gasteiger partial charge in [-0.05, 0) is 24.8 Å². The lowest BCUT2D eigenvalue weighted by molar-refractivity contribution is -0.134. The van der Waals surface area contributed by atoms with E-state index in [-0.39, 0.29) is 36.4 Å². The first-order valence-corrected chi connectivity index (χ1v) is 11.0. The first kappa shape index (κ1) is 22.7. The number of hydrogen-bond donors (Lipinski definition) is 0. The Morgan fingerprint density at radius 3 is 2.53 bits per heavy atom. The highest BCUT2D eigenvalue weighted by Gasteiger charge is 2.34. The van der Waals surface area contributed by atoms with E-state index >= 15 is 0 Å². The molecule has 30 heavy (non-hydrogen) atoms. The number of hydrogen-bond acceptors (Lipinski definition) is 4. The second-order valence-corrected chi connectivity index (χ2v) is 8.88. The third-order valence-electron chi connectivity index (χ3n) is 6.00. The Labute approximate surface area is 179 Å². The van der Waals surface area contributed by atoms with Crippen molar-refractivity contribution in [3.63, 3.8) is 0 Å². The molecule has 2 aliphatic rings. The van der Waals surface area contributed by atoms with E-state index in [1.54, 1.807) is 25.1 Å². The van der Waals surface area contributed by atoms with Gasteiger partial charge in [0.25, 0.3) is 0 Å². The average molecular weight is 420 g/mol. The van der Waals surface area contributed by atoms with E-state index in [9.17, 15) is 14.0 Å². The van der Waals surface area contributed by atoms with Crippen LogP contribution in [0.4, 0.5) is 4.39 Å². The molecule has 6 nitrogen and oxygen atoms in total. The fraction of sp³-hybridized carbons (Fsp3) is 0.652. The summed E-state index contributed by atoms with van der Waals surface area (Å²) < 4.78 is 20.1. The van der Waals surface area contributed by atoms with Crippen LogP contribution in [0.3, 0.4) is 0 Å². The Morgan fingerprint density at radius 2 is 1.90 bits per heavy atom. The molecule has 2 amide bonds. The lowest BCUT2D eigenvalue weighted by Crippen LogP contribution is -2.49. The van der Waals surface area contributed by atoms with Gasteiger partial charge in [0, 0.05) is 51.3 Å². The molecule has 2 fully saturated rings. The van der Waals surface area contributed by atoms with Gasteiger partial charge in [-0.2, -0.15) is 0 Å². The van der Waals surface area contributed by atoms with Crippen molar-refractivity contribution in [1.29, 1.82) is 0 Å². The molecule has 0 N–H and O–H groups in total. The van der Waals surface area contributed by atoms with E-state index in [1.807, 2.05) is 9.80 Å². The van der Waals surface area contributed by atoms with Crippen molar-refractivity contribution in [3.8, 4) is 0 Å². The number of likely N-dealkylation sites (tertiary alicyclic amines) is 1. The van der Waals surface area contributed by atoms with Gasteiger partial charge in [0.1, 0.15) is 5.82 Å². The second kappa shape index (κ2) is 10.4. The normalized spacial score (nSPS) is 21.9. The molecule has 0 bridgehead atoms. The molecule has 0 radical (unpaired) electrons. The maximum absolute atomic E-state index is 14.0. The molecule has 2 aliphatic heterocycles. The van der Waals surface area contributed by atoms with E-state index < -0.39 is 0 Å². The Kier molecular flexibility index (Phi) is 7.83. The molecule has 0 saturated carbocycles. The van der Waals surface area contributed by atoms with Crippen LogP contribution in [0.15, 0.2) is 24.3 Å². The minimum Gasteiger partial charge on any atom is -0.370 e. The van der Waals surface area contributed by atoms with Crippen LogP contribution < -0.4 is 0 Å². The number of nitrogens with zero attached hydrogens (tertiary/aromatic N) is 3. The summed E-state index contributed by atoms with van der Waals surface area (Å²) in [5, 5.41) is 0. The lowest BCUT2D eigenvalue weighted by Gasteiger charge is -2.38. The number of rotatable bonds is 6. The fourth-order valence-corrected chi connectivity index (χ4v) is 4.37. The van der Waals surface area contributed by atoms with Gasteiger partial charge in [0.15, 0.2) is 0 Å². The maximum Gasteiger partial charge on any atom is 0.236 e. The minimum absolute atomic E-state index is 0.106. The summed E-state index contributed by atoms with van der Waals surface area (Å²) in [5.74, 6) is 0.325. The number of carbonyl (C=O) groups excluding carboxylic acids is 2. The zero-order chi connectivity index (χ0) is 21.7. The van der Waals surface area contributed by atoms with Gasteiger partial charge in [-0.25, -0.2) is 4.39 Å². The molecular formula is C23H34FN3O3. The van der Waals surface area contributed by atoms with Gasteiger partial charge in [-0.15, -0.1) is 0 Å². The molecule has 166 valence electrons. The number of piperidine rings is 1. The Hall–Kier alpha value is -1.99. The molecule has 3 rings (SSSR count). The third-order valence-corrected chi connectivity index (χ3v) is 6.00. The van der Waals surface area contributed by atoms with Crippen LogP contribution in [-0.4, -0.2) is 77.9 Å². The molecule has 1 aromatic carbocycles. The van der Waals surface area contributed by atoms with E-state index in [2.05, 4.69) is 18.7 Å². The van der Waals surface area contributed by atoms with E-state index in [0.717, 1.165) is 25.9 Å². The van der Waals surface area contributed by atoms with Crippen LogP contribution in [0.5, 0.6) is 0 Å². The van der Waals surface area contributed by atoms with Crippen molar-refractivity contribution >= 4 is 11.8 Å². The minimum atomic E-state index is -0.269. The van der Waals surface area contributed by atoms with Crippen LogP contribution >= 0.6 is 0 Å². The Bertz CT molecular complexity index is 734. The summed E-state index contributed by atoms with van der Waals surface area (Å²) in [7, 11) is 0. The molecule has 0 aromatic heterocycles. The highest BCUT2D eigenvalue weighted by Crippen LogP contribution is 2.21. The number of halogens is 1. The maximum atomic E-state index is 14.0. The molecule has 2 saturated heterocycles. The van der Waals surface area contributed by atoms with E-state index in [4.69, 9.17) is 4.74 Å². The van der Waals surface area contributed by atoms with Gasteiger partial charge in [-0.3, -0.25) is 14.5 Å². The highest BCUT2D eigenvalue weighted by molar-refractivity contribution is 5.78. The molecule has 1 unspecified atom stereocenters. The van der Waals surface area contributed by atoms with Crippen LogP contribution in [0.25, 0.3) is 0 Å². The lowest BCUT2D eigenvalue weighted by atomic mass is 10.0. The smallest absolute Gasteiger partial charge is 0.236 e. The first-order valence-electron chi connectivity index (χ1n) is 11.0. The van der Waals surface area contributed by atoms with Gasteiger partial charge >= 0.3 is 0 Å². The summed E-state index contributed by atoms with van der Waals surface area (Å²) in [6.07, 6.45) is 1.54. The standard InChI is InChI=1S/C23H34FN3O3/c1-17(2)12-27-14-21(30-16-19-6-4-5-7-22(19)24)13-26(15-23(27)29)20-8-10-25(11-9-20)18(3)28/h4-7,17,20-21H,8-16H2,1-3H3. The van der Waals surface area contributed by atoms with Gasteiger partial charge in [-0.1, -0.05) is 32.0 Å². The zero-order valence-corrected chi connectivity index (χ0v) is 18.3. The Balaban J connectivity index is 1.69. The van der Waals surface area contributed by atoms with Crippen molar-refractivity contribution in [2.45, 2.75) is 52.4 Å². The summed E-state index contributed by atoms with van der Waals surface area (Å²) in [5.41, 5.74) is 0.532. The molecule has 0 aliphatic carbocycles. The van der Waals surface area contributed by atoms with Crippen molar-refractivity contribution in [2.24, 2.45) is 5.92 Å². The number of ether oxygens (including phenoxy) is 1. The summed E-state index contributed by atoms with van der Waals surface area (Å²) in [6, 6.07) is 6.90. The molecule has 2 heterocycles. The highest BCUT2D eigenvalue weighted by atomic mass is 19.1. The molecule has 7 heteroatoms. The van der Waals surface area contributed by atoms with Crippen LogP contribution in [-0.2, 0) is 20.9 Å². The number of benzene rings is 1. The number of amides is 2. The van der Waals surface area contributed by atoms with Crippen molar-refractivity contribution in [2.75, 3.05) is 39.3 Å². The van der Waals surface area contributed by atoms with Gasteiger partial charge in [0.05, 0.1) is 19.3 Å². The first-order chi connectivity index (χ1) is 14.3. The van der Waals surface area contributed by atoms with Crippen LogP contribution in [0.2, 0.25) is 0 Å². The van der Waals surface area contributed by atoms with Gasteiger partial charge in [0.2, 0.25) is 11.8 Å².